The third kappa shape index (κ3) is 3.37. The van der Waals surface area contributed by atoms with Gasteiger partial charge in [0.05, 0.1) is 12.3 Å². The summed E-state index contributed by atoms with van der Waals surface area (Å²) in [5.74, 6) is 0. The van der Waals surface area contributed by atoms with Gasteiger partial charge in [-0.2, -0.15) is 0 Å². The monoisotopic (exact) mass is 284 g/mol. The first kappa shape index (κ1) is 14.0. The summed E-state index contributed by atoms with van der Waals surface area (Å²) in [5.41, 5.74) is 3.12. The molecule has 1 fully saturated rings. The number of hydrogen-bond acceptors (Lipinski definition) is 5. The maximum Gasteiger partial charge on any atom is 0.0717 e. The fourth-order valence-electron chi connectivity index (χ4n) is 2.72. The van der Waals surface area contributed by atoms with E-state index < -0.39 is 0 Å². The fourth-order valence-corrected chi connectivity index (χ4v) is 2.72. The lowest BCUT2D eigenvalue weighted by molar-refractivity contribution is 0.245. The van der Waals surface area contributed by atoms with E-state index in [2.05, 4.69) is 25.8 Å². The quantitative estimate of drug-likeness (QED) is 0.917. The Labute approximate surface area is 124 Å². The molecule has 0 atom stereocenters. The van der Waals surface area contributed by atoms with E-state index in [1.165, 1.54) is 0 Å². The Bertz CT molecular complexity index is 567. The Hall–Kier alpha value is -1.98. The lowest BCUT2D eigenvalue weighted by Gasteiger charge is -2.36. The number of anilines is 1. The Balaban J connectivity index is 1.60. The Morgan fingerprint density at radius 3 is 2.62 bits per heavy atom. The van der Waals surface area contributed by atoms with Crippen LogP contribution in [-0.2, 0) is 13.2 Å². The molecule has 1 saturated heterocycles. The number of hydrogen-bond donors (Lipinski definition) is 1. The van der Waals surface area contributed by atoms with Gasteiger partial charge in [0.2, 0.25) is 0 Å². The molecule has 0 amide bonds. The Morgan fingerprint density at radius 2 is 1.90 bits per heavy atom. The molecule has 1 aliphatic heterocycles. The van der Waals surface area contributed by atoms with E-state index in [1.807, 2.05) is 24.4 Å². The van der Waals surface area contributed by atoms with Crippen molar-refractivity contribution in [3.8, 4) is 0 Å². The number of rotatable bonds is 4. The lowest BCUT2D eigenvalue weighted by atomic mass is 10.2. The molecule has 5 heteroatoms. The molecule has 0 spiro atoms. The van der Waals surface area contributed by atoms with Crippen molar-refractivity contribution < 1.29 is 5.11 Å². The third-order valence-electron chi connectivity index (χ3n) is 3.87. The summed E-state index contributed by atoms with van der Waals surface area (Å²) < 4.78 is 0. The van der Waals surface area contributed by atoms with Gasteiger partial charge in [0.15, 0.2) is 0 Å². The second-order valence-electron chi connectivity index (χ2n) is 5.25. The van der Waals surface area contributed by atoms with Crippen molar-refractivity contribution in [2.45, 2.75) is 13.2 Å². The second-order valence-corrected chi connectivity index (χ2v) is 5.25. The molecule has 0 aromatic carbocycles. The number of aliphatic hydroxyl groups excluding tert-OH is 1. The molecule has 0 unspecified atom stereocenters. The highest BCUT2D eigenvalue weighted by Crippen LogP contribution is 2.21. The summed E-state index contributed by atoms with van der Waals surface area (Å²) >= 11 is 0. The fraction of sp³-hybridized carbons (Fsp3) is 0.375. The average Bonchev–Trinajstić information content (AvgIpc) is 2.56. The summed E-state index contributed by atoms with van der Waals surface area (Å²) in [6.45, 7) is 4.87. The molecule has 0 bridgehead atoms. The molecule has 0 aliphatic carbocycles. The van der Waals surface area contributed by atoms with Crippen LogP contribution >= 0.6 is 0 Å². The largest absolute Gasteiger partial charge is 0.392 e. The van der Waals surface area contributed by atoms with Crippen LogP contribution in [0.2, 0.25) is 0 Å². The molecular formula is C16H20N4O. The highest BCUT2D eigenvalue weighted by atomic mass is 16.3. The van der Waals surface area contributed by atoms with Crippen LogP contribution in [-0.4, -0.2) is 46.2 Å². The molecule has 3 heterocycles. The topological polar surface area (TPSA) is 52.5 Å². The molecule has 2 aromatic rings. The first-order chi connectivity index (χ1) is 10.4. The van der Waals surface area contributed by atoms with Gasteiger partial charge in [0.25, 0.3) is 0 Å². The van der Waals surface area contributed by atoms with Gasteiger partial charge in [-0.25, -0.2) is 0 Å². The van der Waals surface area contributed by atoms with E-state index in [4.69, 9.17) is 0 Å². The molecule has 3 rings (SSSR count). The molecule has 21 heavy (non-hydrogen) atoms. The number of aromatic nitrogens is 2. The van der Waals surface area contributed by atoms with Crippen LogP contribution in [0.25, 0.3) is 0 Å². The van der Waals surface area contributed by atoms with E-state index in [0.29, 0.717) is 0 Å². The van der Waals surface area contributed by atoms with Gasteiger partial charge in [0.1, 0.15) is 0 Å². The summed E-state index contributed by atoms with van der Waals surface area (Å²) in [6, 6.07) is 8.03. The van der Waals surface area contributed by atoms with Gasteiger partial charge in [-0.15, -0.1) is 0 Å². The van der Waals surface area contributed by atoms with Crippen LogP contribution in [0.15, 0.2) is 42.9 Å². The number of nitrogens with zero attached hydrogens (tertiary/aromatic N) is 4. The number of aliphatic hydroxyl groups is 1. The van der Waals surface area contributed by atoms with Gasteiger partial charge in [0, 0.05) is 62.6 Å². The van der Waals surface area contributed by atoms with Gasteiger partial charge in [-0.1, -0.05) is 6.07 Å². The number of piperazine rings is 1. The van der Waals surface area contributed by atoms with E-state index in [0.717, 1.165) is 49.7 Å². The zero-order valence-electron chi connectivity index (χ0n) is 12.0. The molecule has 1 aliphatic rings. The van der Waals surface area contributed by atoms with E-state index in [9.17, 15) is 5.11 Å². The highest BCUT2D eigenvalue weighted by molar-refractivity contribution is 5.52. The van der Waals surface area contributed by atoms with Crippen LogP contribution in [0, 0.1) is 0 Å². The van der Waals surface area contributed by atoms with Crippen molar-refractivity contribution in [2.24, 2.45) is 0 Å². The SMILES string of the molecule is OCc1cnccc1N1CCN(Cc2ccccn2)CC1. The predicted molar refractivity (Wildman–Crippen MR) is 81.9 cm³/mol. The first-order valence-electron chi connectivity index (χ1n) is 7.28. The van der Waals surface area contributed by atoms with Crippen LogP contribution < -0.4 is 4.90 Å². The molecule has 0 radical (unpaired) electrons. The van der Waals surface area contributed by atoms with Crippen molar-refractivity contribution in [3.05, 3.63) is 54.1 Å². The minimum Gasteiger partial charge on any atom is -0.392 e. The smallest absolute Gasteiger partial charge is 0.0717 e. The minimum absolute atomic E-state index is 0.0390. The van der Waals surface area contributed by atoms with Crippen molar-refractivity contribution in [1.29, 1.82) is 0 Å². The standard InChI is InChI=1S/C16H20N4O/c21-13-14-11-17-6-4-16(14)20-9-7-19(8-10-20)12-15-3-1-2-5-18-15/h1-6,11,21H,7-10,12-13H2. The van der Waals surface area contributed by atoms with E-state index in [1.54, 1.807) is 12.4 Å². The minimum atomic E-state index is 0.0390. The Kier molecular flexibility index (Phi) is 4.43. The zero-order valence-corrected chi connectivity index (χ0v) is 12.0. The second kappa shape index (κ2) is 6.65. The van der Waals surface area contributed by atoms with Gasteiger partial charge >= 0.3 is 0 Å². The van der Waals surface area contributed by atoms with Crippen molar-refractivity contribution >= 4 is 5.69 Å². The summed E-state index contributed by atoms with van der Waals surface area (Å²) in [7, 11) is 0. The van der Waals surface area contributed by atoms with Crippen molar-refractivity contribution in [1.82, 2.24) is 14.9 Å². The molecule has 5 nitrogen and oxygen atoms in total. The van der Waals surface area contributed by atoms with Crippen molar-refractivity contribution in [3.63, 3.8) is 0 Å². The molecule has 2 aromatic heterocycles. The maximum absolute atomic E-state index is 9.41. The van der Waals surface area contributed by atoms with Crippen LogP contribution in [0.4, 0.5) is 5.69 Å². The summed E-state index contributed by atoms with van der Waals surface area (Å²) in [6.07, 6.45) is 5.38. The van der Waals surface area contributed by atoms with Crippen molar-refractivity contribution in [2.75, 3.05) is 31.1 Å². The van der Waals surface area contributed by atoms with Gasteiger partial charge < -0.3 is 10.0 Å². The molecule has 1 N–H and O–H groups in total. The van der Waals surface area contributed by atoms with Gasteiger partial charge in [-0.05, 0) is 18.2 Å². The van der Waals surface area contributed by atoms with Crippen LogP contribution in [0.5, 0.6) is 0 Å². The predicted octanol–water partition coefficient (Wildman–Crippen LogP) is 1.29. The molecular weight excluding hydrogens is 264 g/mol. The lowest BCUT2D eigenvalue weighted by Crippen LogP contribution is -2.46. The van der Waals surface area contributed by atoms with E-state index in [-0.39, 0.29) is 6.61 Å². The van der Waals surface area contributed by atoms with Crippen LogP contribution in [0.3, 0.4) is 0 Å². The summed E-state index contributed by atoms with van der Waals surface area (Å²) in [5, 5.41) is 9.41. The molecule has 0 saturated carbocycles. The zero-order chi connectivity index (χ0) is 14.5. The summed E-state index contributed by atoms with van der Waals surface area (Å²) in [4.78, 5) is 13.2. The highest BCUT2D eigenvalue weighted by Gasteiger charge is 2.19. The van der Waals surface area contributed by atoms with E-state index >= 15 is 0 Å². The average molecular weight is 284 g/mol. The maximum atomic E-state index is 9.41. The first-order valence-corrected chi connectivity index (χ1v) is 7.28. The third-order valence-corrected chi connectivity index (χ3v) is 3.87. The van der Waals surface area contributed by atoms with Crippen LogP contribution in [0.1, 0.15) is 11.3 Å². The molecule has 110 valence electrons. The van der Waals surface area contributed by atoms with Gasteiger partial charge in [-0.3, -0.25) is 14.9 Å². The normalized spacial score (nSPS) is 16.1. The Morgan fingerprint density at radius 1 is 1.05 bits per heavy atom. The number of pyridine rings is 2.